The first-order valence-corrected chi connectivity index (χ1v) is 11.2. The molecule has 5 nitrogen and oxygen atoms in total. The maximum atomic E-state index is 13.3. The predicted octanol–water partition coefficient (Wildman–Crippen LogP) is 3.98. The van der Waals surface area contributed by atoms with Crippen LogP contribution in [0, 0.1) is 18.8 Å². The van der Waals surface area contributed by atoms with Crippen LogP contribution in [0.5, 0.6) is 0 Å². The van der Waals surface area contributed by atoms with Gasteiger partial charge in [-0.15, -0.1) is 0 Å². The van der Waals surface area contributed by atoms with E-state index in [1.807, 2.05) is 43.3 Å². The van der Waals surface area contributed by atoms with Crippen LogP contribution in [0.25, 0.3) is 0 Å². The molecule has 3 atom stereocenters. The van der Waals surface area contributed by atoms with Gasteiger partial charge in [-0.2, -0.15) is 0 Å². The van der Waals surface area contributed by atoms with E-state index in [9.17, 15) is 14.7 Å². The van der Waals surface area contributed by atoms with E-state index in [1.54, 1.807) is 4.90 Å². The number of carbonyl (C=O) groups excluding carboxylic acids is 1. The van der Waals surface area contributed by atoms with E-state index in [-0.39, 0.29) is 23.3 Å². The van der Waals surface area contributed by atoms with Gasteiger partial charge in [0.1, 0.15) is 11.3 Å². The Bertz CT molecular complexity index is 1010. The van der Waals surface area contributed by atoms with Gasteiger partial charge in [0.25, 0.3) is 5.91 Å². The summed E-state index contributed by atoms with van der Waals surface area (Å²) in [7, 11) is 0. The quantitative estimate of drug-likeness (QED) is 0.836. The van der Waals surface area contributed by atoms with Crippen LogP contribution in [0.15, 0.2) is 45.6 Å². The van der Waals surface area contributed by atoms with E-state index >= 15 is 0 Å². The average Bonchev–Trinajstić information content (AvgIpc) is 3.13. The predicted molar refractivity (Wildman–Crippen MR) is 113 cm³/mol. The zero-order chi connectivity index (χ0) is 20.9. The van der Waals surface area contributed by atoms with Crippen LogP contribution in [0.3, 0.4) is 0 Å². The minimum absolute atomic E-state index is 0.0146. The highest BCUT2D eigenvalue weighted by molar-refractivity contribution is 5.95. The van der Waals surface area contributed by atoms with E-state index in [2.05, 4.69) is 0 Å². The summed E-state index contributed by atoms with van der Waals surface area (Å²) in [5.41, 5.74) is 0.337. The van der Waals surface area contributed by atoms with Crippen molar-refractivity contribution in [2.75, 3.05) is 13.1 Å². The van der Waals surface area contributed by atoms with Gasteiger partial charge in [0.05, 0.1) is 5.60 Å². The summed E-state index contributed by atoms with van der Waals surface area (Å²) in [5.74, 6) is 1.00. The lowest BCUT2D eigenvalue weighted by molar-refractivity contribution is -0.0644. The third-order valence-electron chi connectivity index (χ3n) is 7.64. The molecule has 30 heavy (non-hydrogen) atoms. The van der Waals surface area contributed by atoms with Gasteiger partial charge in [-0.1, -0.05) is 36.8 Å². The van der Waals surface area contributed by atoms with Crippen molar-refractivity contribution in [1.82, 2.24) is 4.90 Å². The number of aliphatic hydroxyl groups is 1. The van der Waals surface area contributed by atoms with Crippen molar-refractivity contribution < 1.29 is 14.3 Å². The van der Waals surface area contributed by atoms with Gasteiger partial charge in [-0.05, 0) is 62.1 Å². The Hall–Kier alpha value is -2.40. The Morgan fingerprint density at radius 2 is 1.90 bits per heavy atom. The Morgan fingerprint density at radius 3 is 2.57 bits per heavy atom. The van der Waals surface area contributed by atoms with Crippen molar-refractivity contribution in [2.24, 2.45) is 11.8 Å². The summed E-state index contributed by atoms with van der Waals surface area (Å²) in [6, 6.07) is 11.7. The van der Waals surface area contributed by atoms with Crippen LogP contribution in [0.4, 0.5) is 0 Å². The molecule has 1 saturated heterocycles. The van der Waals surface area contributed by atoms with Crippen molar-refractivity contribution in [2.45, 2.75) is 57.0 Å². The van der Waals surface area contributed by atoms with Gasteiger partial charge in [0.15, 0.2) is 0 Å². The molecule has 3 aliphatic rings. The number of nitrogens with zero attached hydrogens (tertiary/aromatic N) is 1. The van der Waals surface area contributed by atoms with Gasteiger partial charge in [0, 0.05) is 24.9 Å². The van der Waals surface area contributed by atoms with E-state index in [4.69, 9.17) is 4.42 Å². The Kier molecular flexibility index (Phi) is 4.81. The van der Waals surface area contributed by atoms with Crippen LogP contribution in [0.2, 0.25) is 0 Å². The summed E-state index contributed by atoms with van der Waals surface area (Å²) in [6.07, 6.45) is 5.89. The van der Waals surface area contributed by atoms with Gasteiger partial charge in [-0.25, -0.2) is 4.79 Å². The molecule has 3 fully saturated rings. The molecular formula is C25H29NO4. The van der Waals surface area contributed by atoms with Crippen LogP contribution < -0.4 is 5.63 Å². The maximum Gasteiger partial charge on any atom is 0.349 e. The molecule has 5 heteroatoms. The Balaban J connectivity index is 1.41. The average molecular weight is 408 g/mol. The third kappa shape index (κ3) is 3.11. The summed E-state index contributed by atoms with van der Waals surface area (Å²) >= 11 is 0. The topological polar surface area (TPSA) is 70.8 Å². The molecule has 2 heterocycles. The molecule has 1 N–H and O–H groups in total. The van der Waals surface area contributed by atoms with E-state index < -0.39 is 11.2 Å². The molecule has 0 radical (unpaired) electrons. The van der Waals surface area contributed by atoms with Crippen molar-refractivity contribution >= 4 is 5.91 Å². The highest BCUT2D eigenvalue weighted by Crippen LogP contribution is 2.48. The fourth-order valence-electron chi connectivity index (χ4n) is 5.72. The van der Waals surface area contributed by atoms with Crippen molar-refractivity contribution in [3.8, 4) is 0 Å². The number of benzene rings is 1. The molecule has 2 aliphatic carbocycles. The van der Waals surface area contributed by atoms with Crippen molar-refractivity contribution in [1.29, 1.82) is 0 Å². The van der Waals surface area contributed by atoms with Gasteiger partial charge >= 0.3 is 5.63 Å². The van der Waals surface area contributed by atoms with Gasteiger partial charge < -0.3 is 14.4 Å². The third-order valence-corrected chi connectivity index (χ3v) is 7.64. The number of carbonyl (C=O) groups is 1. The van der Waals surface area contributed by atoms with Gasteiger partial charge in [0.2, 0.25) is 0 Å². The molecule has 158 valence electrons. The molecule has 0 spiro atoms. The number of amides is 1. The summed E-state index contributed by atoms with van der Waals surface area (Å²) < 4.78 is 5.55. The highest BCUT2D eigenvalue weighted by Gasteiger charge is 2.50. The van der Waals surface area contributed by atoms with E-state index in [0.29, 0.717) is 36.8 Å². The molecular weight excluding hydrogens is 378 g/mol. The van der Waals surface area contributed by atoms with Crippen LogP contribution >= 0.6 is 0 Å². The second-order valence-corrected chi connectivity index (χ2v) is 9.38. The number of fused-ring (bicyclic) bond motifs is 1. The zero-order valence-electron chi connectivity index (χ0n) is 17.5. The largest absolute Gasteiger partial charge is 0.427 e. The van der Waals surface area contributed by atoms with E-state index in [0.717, 1.165) is 37.7 Å². The number of rotatable bonds is 3. The van der Waals surface area contributed by atoms with Crippen LogP contribution in [0.1, 0.15) is 71.7 Å². The monoisotopic (exact) mass is 407 g/mol. The normalized spacial score (nSPS) is 28.8. The molecule has 1 aliphatic heterocycles. The zero-order valence-corrected chi connectivity index (χ0v) is 17.5. The van der Waals surface area contributed by atoms with Gasteiger partial charge in [-0.3, -0.25) is 4.79 Å². The van der Waals surface area contributed by atoms with Crippen LogP contribution in [-0.4, -0.2) is 29.0 Å². The molecule has 2 saturated carbocycles. The second-order valence-electron chi connectivity index (χ2n) is 9.38. The number of aryl methyl sites for hydroxylation is 1. The summed E-state index contributed by atoms with van der Waals surface area (Å²) in [4.78, 5) is 27.8. The molecule has 1 aromatic carbocycles. The summed E-state index contributed by atoms with van der Waals surface area (Å²) in [6.45, 7) is 2.88. The molecule has 0 bridgehead atoms. The summed E-state index contributed by atoms with van der Waals surface area (Å²) in [5, 5.41) is 11.6. The number of hydrogen-bond donors (Lipinski definition) is 1. The first kappa shape index (κ1) is 19.6. The van der Waals surface area contributed by atoms with Crippen molar-refractivity contribution in [3.63, 3.8) is 0 Å². The maximum absolute atomic E-state index is 13.3. The smallest absolute Gasteiger partial charge is 0.349 e. The minimum atomic E-state index is -0.924. The first-order valence-electron chi connectivity index (χ1n) is 11.2. The first-order chi connectivity index (χ1) is 14.5. The Labute approximate surface area is 176 Å². The minimum Gasteiger partial charge on any atom is -0.427 e. The standard InChI is InChI=1S/C25H29NO4/c1-16-13-21(17-7-5-8-17)30-24(28)22(16)23(27)26-14-18-9-6-12-25(29,20(18)15-26)19-10-3-2-4-11-19/h2-4,10-11,13,17-18,20,29H,5-9,12,14-15H2,1H3/t18-,20+,25+/m0/s1. The highest BCUT2D eigenvalue weighted by atomic mass is 16.4. The van der Waals surface area contributed by atoms with Crippen molar-refractivity contribution in [3.05, 3.63) is 69.3 Å². The second kappa shape index (κ2) is 7.38. The number of likely N-dealkylation sites (tertiary alicyclic amines) is 1. The molecule has 2 aromatic rings. The fraction of sp³-hybridized carbons (Fsp3) is 0.520. The lowest BCUT2D eigenvalue weighted by Crippen LogP contribution is -2.43. The molecule has 5 rings (SSSR count). The fourth-order valence-corrected chi connectivity index (χ4v) is 5.72. The molecule has 1 amide bonds. The SMILES string of the molecule is Cc1cc(C2CCC2)oc(=O)c1C(=O)N1C[C@@H]2CCC[C@@](O)(c3ccccc3)[C@@H]2C1. The molecule has 0 unspecified atom stereocenters. The number of hydrogen-bond acceptors (Lipinski definition) is 4. The Morgan fingerprint density at radius 1 is 1.13 bits per heavy atom. The lowest BCUT2D eigenvalue weighted by Gasteiger charge is -2.41. The lowest BCUT2D eigenvalue weighted by atomic mass is 9.67. The molecule has 1 aromatic heterocycles. The van der Waals surface area contributed by atoms with E-state index in [1.165, 1.54) is 0 Å². The van der Waals surface area contributed by atoms with Crippen LogP contribution in [-0.2, 0) is 5.60 Å².